The number of benzene rings is 1. The number of carbonyl (C=O) groups excluding carboxylic acids is 1. The monoisotopic (exact) mass is 323 g/mol. The quantitative estimate of drug-likeness (QED) is 0.846. The summed E-state index contributed by atoms with van der Waals surface area (Å²) in [5, 5.41) is 10.6. The van der Waals surface area contributed by atoms with Gasteiger partial charge in [0.25, 0.3) is 0 Å². The third-order valence-electron chi connectivity index (χ3n) is 2.47. The number of nitrogens with one attached hydrogen (secondary N) is 1. The van der Waals surface area contributed by atoms with Crippen LogP contribution in [-0.4, -0.2) is 27.4 Å². The lowest BCUT2D eigenvalue weighted by atomic mass is 10.2. The van der Waals surface area contributed by atoms with Gasteiger partial charge in [0.2, 0.25) is 5.91 Å². The van der Waals surface area contributed by atoms with E-state index in [4.69, 9.17) is 5.73 Å². The summed E-state index contributed by atoms with van der Waals surface area (Å²) in [6, 6.07) is 7.98. The maximum absolute atomic E-state index is 11.0. The molecule has 0 unspecified atom stereocenters. The molecule has 1 aromatic heterocycles. The minimum absolute atomic E-state index is 0.0216. The van der Waals surface area contributed by atoms with Crippen molar-refractivity contribution < 1.29 is 4.79 Å². The Morgan fingerprint density at radius 2 is 2.32 bits per heavy atom. The molecule has 2 rings (SSSR count). The van der Waals surface area contributed by atoms with Crippen LogP contribution in [-0.2, 0) is 17.9 Å². The molecule has 19 heavy (non-hydrogen) atoms. The zero-order valence-corrected chi connectivity index (χ0v) is 11.8. The van der Waals surface area contributed by atoms with Gasteiger partial charge in [0.05, 0.1) is 25.8 Å². The molecule has 0 aliphatic heterocycles. The van der Waals surface area contributed by atoms with Gasteiger partial charge in [-0.05, 0) is 17.7 Å². The SMILES string of the molecule is NCC(=O)NCc1cn(Cc2cccc(Br)c2)nn1. The molecule has 0 radical (unpaired) electrons. The fraction of sp³-hybridized carbons (Fsp3) is 0.250. The third kappa shape index (κ3) is 4.15. The van der Waals surface area contributed by atoms with Crippen LogP contribution in [0, 0.1) is 0 Å². The van der Waals surface area contributed by atoms with Gasteiger partial charge in [-0.1, -0.05) is 33.3 Å². The molecular weight excluding hydrogens is 310 g/mol. The third-order valence-corrected chi connectivity index (χ3v) is 2.97. The minimum Gasteiger partial charge on any atom is -0.349 e. The first kappa shape index (κ1) is 13.7. The van der Waals surface area contributed by atoms with E-state index >= 15 is 0 Å². The summed E-state index contributed by atoms with van der Waals surface area (Å²) in [5.74, 6) is -0.207. The first-order valence-corrected chi connectivity index (χ1v) is 6.57. The standard InChI is InChI=1S/C12H14BrN5O/c13-10-3-1-2-9(4-10)7-18-8-11(16-17-18)6-15-12(19)5-14/h1-4,8H,5-7,14H2,(H,15,19). The smallest absolute Gasteiger partial charge is 0.234 e. The van der Waals surface area contributed by atoms with E-state index in [9.17, 15) is 4.79 Å². The summed E-state index contributed by atoms with van der Waals surface area (Å²) in [6.07, 6.45) is 1.80. The average Bonchev–Trinajstić information content (AvgIpc) is 2.83. The lowest BCUT2D eigenvalue weighted by Crippen LogP contribution is -2.29. The zero-order valence-electron chi connectivity index (χ0n) is 10.2. The number of nitrogens with zero attached hydrogens (tertiary/aromatic N) is 3. The van der Waals surface area contributed by atoms with Crippen LogP contribution in [0.5, 0.6) is 0 Å². The Hall–Kier alpha value is -1.73. The molecule has 6 nitrogen and oxygen atoms in total. The summed E-state index contributed by atoms with van der Waals surface area (Å²) in [4.78, 5) is 11.0. The molecule has 0 aliphatic rings. The molecule has 0 fully saturated rings. The van der Waals surface area contributed by atoms with Crippen LogP contribution in [0.2, 0.25) is 0 Å². The van der Waals surface area contributed by atoms with Gasteiger partial charge in [-0.25, -0.2) is 4.68 Å². The van der Waals surface area contributed by atoms with E-state index < -0.39 is 0 Å². The second-order valence-corrected chi connectivity index (χ2v) is 4.93. The summed E-state index contributed by atoms with van der Waals surface area (Å²) < 4.78 is 2.76. The molecular formula is C12H14BrN5O. The molecule has 0 bridgehead atoms. The highest BCUT2D eigenvalue weighted by Crippen LogP contribution is 2.12. The number of hydrogen-bond donors (Lipinski definition) is 2. The van der Waals surface area contributed by atoms with Gasteiger partial charge in [-0.15, -0.1) is 5.10 Å². The van der Waals surface area contributed by atoms with Crippen molar-refractivity contribution in [3.05, 3.63) is 46.2 Å². The molecule has 3 N–H and O–H groups in total. The van der Waals surface area contributed by atoms with E-state index in [0.717, 1.165) is 10.0 Å². The number of rotatable bonds is 5. The van der Waals surface area contributed by atoms with Gasteiger partial charge in [-0.2, -0.15) is 0 Å². The number of amides is 1. The van der Waals surface area contributed by atoms with Gasteiger partial charge >= 0.3 is 0 Å². The van der Waals surface area contributed by atoms with Crippen LogP contribution in [0.15, 0.2) is 34.9 Å². The van der Waals surface area contributed by atoms with Crippen molar-refractivity contribution in [2.24, 2.45) is 5.73 Å². The topological polar surface area (TPSA) is 85.8 Å². The van der Waals surface area contributed by atoms with Crippen molar-refractivity contribution in [1.82, 2.24) is 20.3 Å². The van der Waals surface area contributed by atoms with Crippen LogP contribution in [0.4, 0.5) is 0 Å². The Morgan fingerprint density at radius 1 is 1.47 bits per heavy atom. The Labute approximate surface area is 119 Å². The van der Waals surface area contributed by atoms with Crippen LogP contribution in [0.3, 0.4) is 0 Å². The number of nitrogens with two attached hydrogens (primary N) is 1. The number of hydrogen-bond acceptors (Lipinski definition) is 4. The fourth-order valence-corrected chi connectivity index (χ4v) is 2.03. The van der Waals surface area contributed by atoms with Crippen LogP contribution in [0.1, 0.15) is 11.3 Å². The molecule has 0 aliphatic carbocycles. The number of carbonyl (C=O) groups is 1. The summed E-state index contributed by atoms with van der Waals surface area (Å²) in [5.41, 5.74) is 7.03. The zero-order chi connectivity index (χ0) is 13.7. The molecule has 7 heteroatoms. The van der Waals surface area contributed by atoms with E-state index in [1.54, 1.807) is 10.9 Å². The largest absolute Gasteiger partial charge is 0.349 e. The second-order valence-electron chi connectivity index (χ2n) is 4.02. The molecule has 0 saturated carbocycles. The summed E-state index contributed by atoms with van der Waals surface area (Å²) in [7, 11) is 0. The lowest BCUT2D eigenvalue weighted by Gasteiger charge is -2.01. The molecule has 0 spiro atoms. The van der Waals surface area contributed by atoms with Crippen LogP contribution >= 0.6 is 15.9 Å². The van der Waals surface area contributed by atoms with E-state index in [1.165, 1.54) is 0 Å². The number of aromatic nitrogens is 3. The average molecular weight is 324 g/mol. The minimum atomic E-state index is -0.207. The van der Waals surface area contributed by atoms with Gasteiger partial charge in [0, 0.05) is 4.47 Å². The molecule has 1 amide bonds. The van der Waals surface area contributed by atoms with Crippen molar-refractivity contribution in [2.75, 3.05) is 6.54 Å². The first-order chi connectivity index (χ1) is 9.17. The first-order valence-electron chi connectivity index (χ1n) is 5.77. The molecule has 2 aromatic rings. The van der Waals surface area contributed by atoms with Crippen molar-refractivity contribution in [3.8, 4) is 0 Å². The van der Waals surface area contributed by atoms with Gasteiger partial charge < -0.3 is 11.1 Å². The fourth-order valence-electron chi connectivity index (χ4n) is 1.58. The van der Waals surface area contributed by atoms with Crippen LogP contribution in [0.25, 0.3) is 0 Å². The van der Waals surface area contributed by atoms with Gasteiger partial charge in [0.1, 0.15) is 5.69 Å². The lowest BCUT2D eigenvalue weighted by molar-refractivity contribution is -0.119. The number of halogens is 1. The normalized spacial score (nSPS) is 10.4. The predicted molar refractivity (Wildman–Crippen MR) is 74.2 cm³/mol. The highest BCUT2D eigenvalue weighted by molar-refractivity contribution is 9.10. The van der Waals surface area contributed by atoms with Crippen molar-refractivity contribution in [3.63, 3.8) is 0 Å². The highest BCUT2D eigenvalue weighted by atomic mass is 79.9. The molecule has 1 heterocycles. The molecule has 0 saturated heterocycles. The molecule has 100 valence electrons. The highest BCUT2D eigenvalue weighted by Gasteiger charge is 2.03. The van der Waals surface area contributed by atoms with E-state index in [0.29, 0.717) is 18.8 Å². The van der Waals surface area contributed by atoms with Crippen LogP contribution < -0.4 is 11.1 Å². The van der Waals surface area contributed by atoms with Crippen molar-refractivity contribution in [2.45, 2.75) is 13.1 Å². The van der Waals surface area contributed by atoms with Gasteiger partial charge in [-0.3, -0.25) is 4.79 Å². The maximum atomic E-state index is 11.0. The van der Waals surface area contributed by atoms with E-state index in [-0.39, 0.29) is 12.5 Å². The Balaban J connectivity index is 1.95. The predicted octanol–water partition coefficient (Wildman–Crippen LogP) is 0.664. The molecule has 0 atom stereocenters. The summed E-state index contributed by atoms with van der Waals surface area (Å²) in [6.45, 7) is 0.956. The Morgan fingerprint density at radius 3 is 3.05 bits per heavy atom. The second kappa shape index (κ2) is 6.44. The van der Waals surface area contributed by atoms with Crippen molar-refractivity contribution in [1.29, 1.82) is 0 Å². The van der Waals surface area contributed by atoms with Crippen molar-refractivity contribution >= 4 is 21.8 Å². The van der Waals surface area contributed by atoms with E-state index in [1.807, 2.05) is 24.3 Å². The Kier molecular flexibility index (Phi) is 4.64. The summed E-state index contributed by atoms with van der Waals surface area (Å²) >= 11 is 3.42. The maximum Gasteiger partial charge on any atom is 0.234 e. The Bertz CT molecular complexity index is 569. The molecule has 1 aromatic carbocycles. The van der Waals surface area contributed by atoms with Gasteiger partial charge in [0.15, 0.2) is 0 Å². The van der Waals surface area contributed by atoms with E-state index in [2.05, 4.69) is 31.6 Å².